The van der Waals surface area contributed by atoms with E-state index in [1.165, 1.54) is 5.56 Å². The summed E-state index contributed by atoms with van der Waals surface area (Å²) in [5, 5.41) is 9.91. The molecule has 1 aromatic heterocycles. The molecule has 1 saturated carbocycles. The van der Waals surface area contributed by atoms with Gasteiger partial charge in [-0.2, -0.15) is 0 Å². The second kappa shape index (κ2) is 7.58. The van der Waals surface area contributed by atoms with Gasteiger partial charge >= 0.3 is 0 Å². The van der Waals surface area contributed by atoms with Crippen LogP contribution in [0.3, 0.4) is 0 Å². The van der Waals surface area contributed by atoms with Gasteiger partial charge in [0.15, 0.2) is 5.16 Å². The highest BCUT2D eigenvalue weighted by molar-refractivity contribution is 7.99. The summed E-state index contributed by atoms with van der Waals surface area (Å²) in [5.41, 5.74) is 2.42. The normalized spacial score (nSPS) is 21.8. The fourth-order valence-corrected chi connectivity index (χ4v) is 5.06. The Hall–Kier alpha value is -0.950. The zero-order chi connectivity index (χ0) is 18.1. The monoisotopic (exact) mass is 412 g/mol. The Morgan fingerprint density at radius 1 is 1.23 bits per heavy atom. The van der Waals surface area contributed by atoms with Crippen molar-refractivity contribution in [3.05, 3.63) is 29.8 Å². The van der Waals surface area contributed by atoms with Gasteiger partial charge in [-0.05, 0) is 24.5 Å². The predicted molar refractivity (Wildman–Crippen MR) is 107 cm³/mol. The first-order valence-electron chi connectivity index (χ1n) is 8.97. The molecule has 2 heterocycles. The highest BCUT2D eigenvalue weighted by Gasteiger charge is 2.51. The van der Waals surface area contributed by atoms with E-state index in [4.69, 9.17) is 27.9 Å². The zero-order valence-electron chi connectivity index (χ0n) is 14.7. The Labute approximate surface area is 168 Å². The number of alkyl halides is 2. The third kappa shape index (κ3) is 3.70. The number of thioether (sulfide) groups is 1. The molecule has 26 heavy (non-hydrogen) atoms. The van der Waals surface area contributed by atoms with E-state index in [9.17, 15) is 0 Å². The molecule has 140 valence electrons. The van der Waals surface area contributed by atoms with Crippen molar-refractivity contribution in [1.82, 2.24) is 14.8 Å². The van der Waals surface area contributed by atoms with Gasteiger partial charge in [0, 0.05) is 24.8 Å². The second-order valence-electron chi connectivity index (χ2n) is 6.67. The molecule has 1 saturated heterocycles. The Kier molecular flexibility index (Phi) is 5.37. The minimum Gasteiger partial charge on any atom is -0.378 e. The lowest BCUT2D eigenvalue weighted by atomic mass is 10.1. The summed E-state index contributed by atoms with van der Waals surface area (Å²) in [4.78, 5) is 2.25. The van der Waals surface area contributed by atoms with Crippen molar-refractivity contribution in [2.45, 2.75) is 29.3 Å². The number of hydrogen-bond donors (Lipinski definition) is 0. The van der Waals surface area contributed by atoms with Crippen LogP contribution in [0.2, 0.25) is 0 Å². The third-order valence-corrected chi connectivity index (χ3v) is 6.91. The van der Waals surface area contributed by atoms with E-state index in [2.05, 4.69) is 50.9 Å². The number of para-hydroxylation sites is 1. The maximum Gasteiger partial charge on any atom is 0.232 e. The van der Waals surface area contributed by atoms with E-state index < -0.39 is 4.33 Å². The first-order valence-corrected chi connectivity index (χ1v) is 10.7. The Balaban J connectivity index is 1.68. The van der Waals surface area contributed by atoms with E-state index in [-0.39, 0.29) is 0 Å². The quantitative estimate of drug-likeness (QED) is 0.530. The number of rotatable bonds is 6. The van der Waals surface area contributed by atoms with Gasteiger partial charge in [0.05, 0.1) is 18.9 Å². The number of hydrogen-bond acceptors (Lipinski definition) is 5. The molecule has 8 heteroatoms. The number of aromatic nitrogens is 3. The van der Waals surface area contributed by atoms with Crippen LogP contribution in [0.1, 0.15) is 18.9 Å². The van der Waals surface area contributed by atoms with Gasteiger partial charge in [-0.3, -0.25) is 4.57 Å². The molecule has 0 bridgehead atoms. The first-order chi connectivity index (χ1) is 12.6. The summed E-state index contributed by atoms with van der Waals surface area (Å²) in [6.07, 6.45) is 1.80. The molecule has 0 unspecified atom stereocenters. The van der Waals surface area contributed by atoms with E-state index in [1.54, 1.807) is 11.8 Å². The van der Waals surface area contributed by atoms with Gasteiger partial charge < -0.3 is 9.64 Å². The molecule has 2 fully saturated rings. The van der Waals surface area contributed by atoms with Crippen molar-refractivity contribution in [1.29, 1.82) is 0 Å². The number of morpholine rings is 1. The molecule has 2 aromatic rings. The summed E-state index contributed by atoms with van der Waals surface area (Å²) in [6.45, 7) is 5.25. The van der Waals surface area contributed by atoms with Crippen LogP contribution >= 0.6 is 35.0 Å². The van der Waals surface area contributed by atoms with E-state index in [1.807, 2.05) is 0 Å². The lowest BCUT2D eigenvalue weighted by Gasteiger charge is -2.28. The van der Waals surface area contributed by atoms with Crippen molar-refractivity contribution < 1.29 is 4.74 Å². The number of benzene rings is 1. The van der Waals surface area contributed by atoms with E-state index in [0.29, 0.717) is 19.1 Å². The molecule has 2 aliphatic rings. The molecule has 0 amide bonds. The molecule has 1 aromatic carbocycles. The van der Waals surface area contributed by atoms with E-state index >= 15 is 0 Å². The van der Waals surface area contributed by atoms with Crippen LogP contribution in [0.25, 0.3) is 5.69 Å². The molecule has 1 aliphatic carbocycles. The van der Waals surface area contributed by atoms with Crippen LogP contribution < -0.4 is 4.90 Å². The lowest BCUT2D eigenvalue weighted by molar-refractivity contribution is 0.122. The smallest absolute Gasteiger partial charge is 0.232 e. The number of anilines is 1. The minimum absolute atomic E-state index is 0.314. The van der Waals surface area contributed by atoms with Crippen molar-refractivity contribution in [3.63, 3.8) is 0 Å². The number of halogens is 2. The molecule has 0 radical (unpaired) electrons. The second-order valence-corrected chi connectivity index (χ2v) is 9.20. The zero-order valence-corrected chi connectivity index (χ0v) is 17.0. The minimum atomic E-state index is -0.563. The van der Waals surface area contributed by atoms with Gasteiger partial charge in [0.25, 0.3) is 0 Å². The van der Waals surface area contributed by atoms with Crippen LogP contribution in [0.15, 0.2) is 29.4 Å². The SMILES string of the molecule is CCc1ccccc1-n1c(SC[C@H]2CC2(Cl)Cl)nnc1N1CCOCC1. The largest absolute Gasteiger partial charge is 0.378 e. The molecular formula is C18H22Cl2N4OS. The van der Waals surface area contributed by atoms with Crippen molar-refractivity contribution in [2.75, 3.05) is 37.0 Å². The summed E-state index contributed by atoms with van der Waals surface area (Å²) in [5.74, 6) is 2.05. The molecule has 0 spiro atoms. The van der Waals surface area contributed by atoms with Crippen molar-refractivity contribution in [3.8, 4) is 5.69 Å². The average Bonchev–Trinajstić information content (AvgIpc) is 3.09. The van der Waals surface area contributed by atoms with Crippen molar-refractivity contribution in [2.24, 2.45) is 5.92 Å². The van der Waals surface area contributed by atoms with Gasteiger partial charge in [-0.1, -0.05) is 36.9 Å². The standard InChI is InChI=1S/C18H22Cl2N4OS/c1-2-13-5-3-4-6-15(13)24-16(23-7-9-25-10-8-23)21-22-17(24)26-12-14-11-18(14,19)20/h3-6,14H,2,7-12H2,1H3/t14-/m1/s1. The van der Waals surface area contributed by atoms with Crippen molar-refractivity contribution >= 4 is 40.9 Å². The first kappa shape index (κ1) is 18.4. The summed E-state index contributed by atoms with van der Waals surface area (Å²) in [6, 6.07) is 8.44. The number of aryl methyl sites for hydroxylation is 1. The Morgan fingerprint density at radius 3 is 2.65 bits per heavy atom. The number of nitrogens with zero attached hydrogens (tertiary/aromatic N) is 4. The topological polar surface area (TPSA) is 43.2 Å². The maximum absolute atomic E-state index is 6.19. The Morgan fingerprint density at radius 2 is 1.96 bits per heavy atom. The summed E-state index contributed by atoms with van der Waals surface area (Å²) >= 11 is 14.1. The summed E-state index contributed by atoms with van der Waals surface area (Å²) in [7, 11) is 0. The molecule has 0 N–H and O–H groups in total. The number of ether oxygens (including phenoxy) is 1. The highest BCUT2D eigenvalue weighted by atomic mass is 35.5. The van der Waals surface area contributed by atoms with Crippen LogP contribution in [-0.4, -0.2) is 51.2 Å². The van der Waals surface area contributed by atoms with E-state index in [0.717, 1.165) is 48.5 Å². The van der Waals surface area contributed by atoms with Gasteiger partial charge in [0.1, 0.15) is 4.33 Å². The highest BCUT2D eigenvalue weighted by Crippen LogP contribution is 2.54. The lowest BCUT2D eigenvalue weighted by Crippen LogP contribution is -2.38. The average molecular weight is 413 g/mol. The van der Waals surface area contributed by atoms with Gasteiger partial charge in [-0.15, -0.1) is 33.4 Å². The fraction of sp³-hybridized carbons (Fsp3) is 0.556. The summed E-state index contributed by atoms with van der Waals surface area (Å²) < 4.78 is 7.11. The van der Waals surface area contributed by atoms with Crippen LogP contribution in [0, 0.1) is 5.92 Å². The predicted octanol–water partition coefficient (Wildman–Crippen LogP) is 3.95. The molecular weight excluding hydrogens is 391 g/mol. The molecule has 4 rings (SSSR count). The molecule has 1 aliphatic heterocycles. The Bertz CT molecular complexity index is 776. The molecule has 5 nitrogen and oxygen atoms in total. The van der Waals surface area contributed by atoms with Gasteiger partial charge in [0.2, 0.25) is 5.95 Å². The maximum atomic E-state index is 6.19. The molecule has 1 atom stereocenters. The van der Waals surface area contributed by atoms with Crippen LogP contribution in [-0.2, 0) is 11.2 Å². The third-order valence-electron chi connectivity index (χ3n) is 4.89. The fourth-order valence-electron chi connectivity index (χ4n) is 3.19. The van der Waals surface area contributed by atoms with Crippen LogP contribution in [0.5, 0.6) is 0 Å². The van der Waals surface area contributed by atoms with Gasteiger partial charge in [-0.25, -0.2) is 0 Å². The van der Waals surface area contributed by atoms with Crippen LogP contribution in [0.4, 0.5) is 5.95 Å².